The van der Waals surface area contributed by atoms with Gasteiger partial charge in [-0.05, 0) is 30.3 Å². The number of aromatic nitrogens is 4. The van der Waals surface area contributed by atoms with E-state index in [2.05, 4.69) is 22.1 Å². The van der Waals surface area contributed by atoms with Gasteiger partial charge < -0.3 is 5.32 Å². The zero-order valence-electron chi connectivity index (χ0n) is 16.8. The van der Waals surface area contributed by atoms with Crippen molar-refractivity contribution in [3.63, 3.8) is 0 Å². The summed E-state index contributed by atoms with van der Waals surface area (Å²) in [7, 11) is 0. The Labute approximate surface area is 193 Å². The first kappa shape index (κ1) is 22.9. The molecule has 0 fully saturated rings. The van der Waals surface area contributed by atoms with Crippen LogP contribution in [-0.4, -0.2) is 30.8 Å². The van der Waals surface area contributed by atoms with E-state index >= 15 is 0 Å². The van der Waals surface area contributed by atoms with Crippen LogP contribution in [0.5, 0.6) is 0 Å². The maximum Gasteiger partial charge on any atom is 0.417 e. The summed E-state index contributed by atoms with van der Waals surface area (Å²) in [6.07, 6.45) is -3.08. The maximum absolute atomic E-state index is 13.0. The highest BCUT2D eigenvalue weighted by atomic mass is 35.5. The Bertz CT molecular complexity index is 1450. The Kier molecular flexibility index (Phi) is 6.17. The molecule has 0 saturated heterocycles. The van der Waals surface area contributed by atoms with Crippen molar-refractivity contribution in [2.45, 2.75) is 17.9 Å². The molecule has 33 heavy (non-hydrogen) atoms. The van der Waals surface area contributed by atoms with E-state index in [-0.39, 0.29) is 29.3 Å². The third kappa shape index (κ3) is 4.46. The minimum Gasteiger partial charge on any atom is -0.325 e. The number of allylic oxidation sites excluding steroid dienone is 1. The van der Waals surface area contributed by atoms with Crippen molar-refractivity contribution in [3.05, 3.63) is 76.1 Å². The normalized spacial score (nSPS) is 11.8. The van der Waals surface area contributed by atoms with Gasteiger partial charge in [-0.1, -0.05) is 41.6 Å². The second kappa shape index (κ2) is 8.91. The molecule has 2 aromatic carbocycles. The van der Waals surface area contributed by atoms with Crippen LogP contribution in [0.15, 0.2) is 65.1 Å². The van der Waals surface area contributed by atoms with Crippen molar-refractivity contribution >= 4 is 51.6 Å². The van der Waals surface area contributed by atoms with E-state index in [0.717, 1.165) is 23.9 Å². The summed E-state index contributed by atoms with van der Waals surface area (Å²) in [5.41, 5.74) is -0.750. The molecular weight excluding hydrogens is 479 g/mol. The fourth-order valence-corrected chi connectivity index (χ4v) is 4.23. The minimum absolute atomic E-state index is 0.0336. The lowest BCUT2D eigenvalue weighted by atomic mass is 10.2. The molecule has 0 bridgehead atoms. The van der Waals surface area contributed by atoms with Crippen LogP contribution in [-0.2, 0) is 17.5 Å². The van der Waals surface area contributed by atoms with E-state index in [0.29, 0.717) is 16.1 Å². The van der Waals surface area contributed by atoms with Crippen LogP contribution in [0.25, 0.3) is 16.7 Å². The Morgan fingerprint density at radius 2 is 1.97 bits per heavy atom. The van der Waals surface area contributed by atoms with Crippen LogP contribution in [0.4, 0.5) is 18.9 Å². The number of nitrogens with one attached hydrogen (secondary N) is 1. The molecule has 0 unspecified atom stereocenters. The number of amides is 1. The van der Waals surface area contributed by atoms with Gasteiger partial charge in [-0.3, -0.25) is 18.6 Å². The predicted molar refractivity (Wildman–Crippen MR) is 121 cm³/mol. The monoisotopic (exact) mass is 493 g/mol. The van der Waals surface area contributed by atoms with Crippen molar-refractivity contribution in [3.8, 4) is 0 Å². The quantitative estimate of drug-likeness (QED) is 0.313. The molecule has 170 valence electrons. The van der Waals surface area contributed by atoms with Gasteiger partial charge in [-0.25, -0.2) is 0 Å². The SMILES string of the molecule is C=CCn1c(=O)c2ccccc2n2c(SCC(=O)Nc3ccc(Cl)c(C(F)(F)F)c3)nnc12. The Morgan fingerprint density at radius 3 is 2.70 bits per heavy atom. The topological polar surface area (TPSA) is 81.3 Å². The lowest BCUT2D eigenvalue weighted by Gasteiger charge is -2.12. The van der Waals surface area contributed by atoms with Crippen LogP contribution < -0.4 is 10.9 Å². The van der Waals surface area contributed by atoms with Crippen molar-refractivity contribution in [1.29, 1.82) is 0 Å². The molecule has 7 nitrogen and oxygen atoms in total. The first-order valence-corrected chi connectivity index (χ1v) is 10.8. The van der Waals surface area contributed by atoms with Gasteiger partial charge in [-0.15, -0.1) is 16.8 Å². The number of hydrogen-bond donors (Lipinski definition) is 1. The highest BCUT2D eigenvalue weighted by Crippen LogP contribution is 2.36. The number of benzene rings is 2. The van der Waals surface area contributed by atoms with Crippen molar-refractivity contribution in [1.82, 2.24) is 19.2 Å². The summed E-state index contributed by atoms with van der Waals surface area (Å²) >= 11 is 6.64. The standard InChI is InChI=1S/C21H15ClF3N5O2S/c1-2-9-29-18(32)13-5-3-4-6-16(13)30-19(29)27-28-20(30)33-11-17(31)26-12-7-8-15(22)14(10-12)21(23,24)25/h2-8,10H,1,9,11H2,(H,26,31). The molecule has 0 aliphatic heterocycles. The Morgan fingerprint density at radius 1 is 1.21 bits per heavy atom. The number of para-hydroxylation sites is 1. The highest BCUT2D eigenvalue weighted by Gasteiger charge is 2.33. The first-order chi connectivity index (χ1) is 15.7. The second-order valence-corrected chi connectivity index (χ2v) is 8.22. The van der Waals surface area contributed by atoms with Gasteiger partial charge in [0.25, 0.3) is 5.56 Å². The fraction of sp³-hybridized carbons (Fsp3) is 0.143. The molecule has 0 aliphatic rings. The smallest absolute Gasteiger partial charge is 0.325 e. The van der Waals surface area contributed by atoms with Gasteiger partial charge in [0.2, 0.25) is 11.7 Å². The van der Waals surface area contributed by atoms with Crippen molar-refractivity contribution < 1.29 is 18.0 Å². The van der Waals surface area contributed by atoms with E-state index in [4.69, 9.17) is 11.6 Å². The summed E-state index contributed by atoms with van der Waals surface area (Å²) in [6.45, 7) is 3.88. The van der Waals surface area contributed by atoms with Crippen LogP contribution in [0.1, 0.15) is 5.56 Å². The molecule has 0 aliphatic carbocycles. The predicted octanol–water partition coefficient (Wildman–Crippen LogP) is 4.63. The van der Waals surface area contributed by atoms with Crippen LogP contribution in [0, 0.1) is 0 Å². The molecule has 0 saturated carbocycles. The van der Waals surface area contributed by atoms with Crippen LogP contribution in [0.3, 0.4) is 0 Å². The van der Waals surface area contributed by atoms with Gasteiger partial charge in [0, 0.05) is 12.2 Å². The minimum atomic E-state index is -4.64. The number of hydrogen-bond acceptors (Lipinski definition) is 5. The van der Waals surface area contributed by atoms with E-state index < -0.39 is 22.7 Å². The molecule has 0 spiro atoms. The van der Waals surface area contributed by atoms with Gasteiger partial charge in [0.05, 0.1) is 27.2 Å². The zero-order valence-corrected chi connectivity index (χ0v) is 18.3. The summed E-state index contributed by atoms with van der Waals surface area (Å²) in [6, 6.07) is 10.0. The van der Waals surface area contributed by atoms with Crippen molar-refractivity contribution in [2.75, 3.05) is 11.1 Å². The number of halogens is 4. The molecule has 2 aromatic heterocycles. The number of alkyl halides is 3. The molecule has 1 amide bonds. The average molecular weight is 494 g/mol. The molecule has 12 heteroatoms. The molecule has 4 aromatic rings. The number of nitrogens with zero attached hydrogens (tertiary/aromatic N) is 4. The summed E-state index contributed by atoms with van der Waals surface area (Å²) in [5.74, 6) is -0.412. The molecular formula is C21H15ClF3N5O2S. The zero-order chi connectivity index (χ0) is 23.8. The summed E-state index contributed by atoms with van der Waals surface area (Å²) in [5, 5.41) is 11.0. The number of carbonyl (C=O) groups excluding carboxylic acids is 1. The summed E-state index contributed by atoms with van der Waals surface area (Å²) < 4.78 is 42.2. The average Bonchev–Trinajstić information content (AvgIpc) is 3.20. The number of thioether (sulfide) groups is 1. The Hall–Kier alpha value is -3.31. The third-order valence-corrected chi connectivity index (χ3v) is 5.94. The largest absolute Gasteiger partial charge is 0.417 e. The molecule has 2 heterocycles. The van der Waals surface area contributed by atoms with Gasteiger partial charge >= 0.3 is 6.18 Å². The molecule has 0 atom stereocenters. The van der Waals surface area contributed by atoms with Gasteiger partial charge in [-0.2, -0.15) is 13.2 Å². The molecule has 0 radical (unpaired) electrons. The highest BCUT2D eigenvalue weighted by molar-refractivity contribution is 7.99. The second-order valence-electron chi connectivity index (χ2n) is 6.87. The van der Waals surface area contributed by atoms with Gasteiger partial charge in [0.15, 0.2) is 5.16 Å². The van der Waals surface area contributed by atoms with E-state index in [9.17, 15) is 22.8 Å². The summed E-state index contributed by atoms with van der Waals surface area (Å²) in [4.78, 5) is 25.2. The Balaban J connectivity index is 1.61. The molecule has 4 rings (SSSR count). The van der Waals surface area contributed by atoms with E-state index in [1.165, 1.54) is 10.6 Å². The number of anilines is 1. The lowest BCUT2D eigenvalue weighted by molar-refractivity contribution is -0.137. The maximum atomic E-state index is 13.0. The number of carbonyl (C=O) groups is 1. The van der Waals surface area contributed by atoms with Crippen LogP contribution in [0.2, 0.25) is 5.02 Å². The molecule has 1 N–H and O–H groups in total. The van der Waals surface area contributed by atoms with Crippen molar-refractivity contribution in [2.24, 2.45) is 0 Å². The van der Waals surface area contributed by atoms with Crippen LogP contribution >= 0.6 is 23.4 Å². The van der Waals surface area contributed by atoms with E-state index in [1.54, 1.807) is 34.7 Å². The fourth-order valence-electron chi connectivity index (χ4n) is 3.27. The first-order valence-electron chi connectivity index (χ1n) is 9.47. The number of rotatable bonds is 6. The number of fused-ring (bicyclic) bond motifs is 3. The van der Waals surface area contributed by atoms with E-state index in [1.807, 2.05) is 0 Å². The van der Waals surface area contributed by atoms with Gasteiger partial charge in [0.1, 0.15) is 0 Å². The lowest BCUT2D eigenvalue weighted by Crippen LogP contribution is -2.22. The third-order valence-electron chi connectivity index (χ3n) is 4.68.